The Morgan fingerprint density at radius 1 is 1.11 bits per heavy atom. The standard InChI is InChI=1S/C13H9N3O2/c17-13(18)11-12(9-5-2-1-3-6-9)16-10(15-11)7-4-8-14-16/h1-8H,(H,17,18). The van der Waals surface area contributed by atoms with Crippen LogP contribution in [-0.2, 0) is 0 Å². The van der Waals surface area contributed by atoms with Crippen molar-refractivity contribution in [1.29, 1.82) is 0 Å². The Labute approximate surface area is 102 Å². The Morgan fingerprint density at radius 2 is 1.89 bits per heavy atom. The number of rotatable bonds is 2. The molecule has 0 aliphatic rings. The van der Waals surface area contributed by atoms with E-state index in [9.17, 15) is 9.90 Å². The minimum atomic E-state index is -1.06. The Balaban J connectivity index is 2.38. The summed E-state index contributed by atoms with van der Waals surface area (Å²) in [6.45, 7) is 0. The molecule has 88 valence electrons. The lowest BCUT2D eigenvalue weighted by atomic mass is 10.1. The van der Waals surface area contributed by atoms with Gasteiger partial charge in [-0.25, -0.2) is 14.3 Å². The van der Waals surface area contributed by atoms with Crippen LogP contribution in [-0.4, -0.2) is 25.7 Å². The van der Waals surface area contributed by atoms with Crippen LogP contribution in [0.1, 0.15) is 10.5 Å². The van der Waals surface area contributed by atoms with E-state index < -0.39 is 5.97 Å². The smallest absolute Gasteiger partial charge is 0.356 e. The number of aromatic nitrogens is 3. The van der Waals surface area contributed by atoms with Gasteiger partial charge in [-0.05, 0) is 12.1 Å². The lowest BCUT2D eigenvalue weighted by molar-refractivity contribution is 0.0692. The van der Waals surface area contributed by atoms with Crippen molar-refractivity contribution in [3.8, 4) is 11.3 Å². The third-order valence-electron chi connectivity index (χ3n) is 2.64. The molecule has 0 fully saturated rings. The van der Waals surface area contributed by atoms with Crippen molar-refractivity contribution in [2.75, 3.05) is 0 Å². The summed E-state index contributed by atoms with van der Waals surface area (Å²) >= 11 is 0. The normalized spacial score (nSPS) is 10.7. The van der Waals surface area contributed by atoms with E-state index in [1.807, 2.05) is 30.3 Å². The van der Waals surface area contributed by atoms with E-state index >= 15 is 0 Å². The molecule has 0 radical (unpaired) electrons. The minimum Gasteiger partial charge on any atom is -0.476 e. The molecule has 0 bridgehead atoms. The predicted octanol–water partition coefficient (Wildman–Crippen LogP) is 2.09. The lowest BCUT2D eigenvalue weighted by Crippen LogP contribution is -2.00. The Kier molecular flexibility index (Phi) is 2.30. The molecule has 0 saturated heterocycles. The average molecular weight is 239 g/mol. The highest BCUT2D eigenvalue weighted by Gasteiger charge is 2.19. The molecule has 3 rings (SSSR count). The fourth-order valence-electron chi connectivity index (χ4n) is 1.89. The van der Waals surface area contributed by atoms with Crippen molar-refractivity contribution in [2.45, 2.75) is 0 Å². The van der Waals surface area contributed by atoms with Gasteiger partial charge in [-0.3, -0.25) is 0 Å². The summed E-state index contributed by atoms with van der Waals surface area (Å²) in [5.41, 5.74) is 1.81. The van der Waals surface area contributed by atoms with E-state index in [-0.39, 0.29) is 5.69 Å². The number of nitrogens with zero attached hydrogens (tertiary/aromatic N) is 3. The molecule has 2 heterocycles. The van der Waals surface area contributed by atoms with Crippen molar-refractivity contribution in [2.24, 2.45) is 0 Å². The average Bonchev–Trinajstić information content (AvgIpc) is 2.79. The molecule has 5 nitrogen and oxygen atoms in total. The number of carboxylic acid groups (broad SMARTS) is 1. The second-order valence-electron chi connectivity index (χ2n) is 3.77. The van der Waals surface area contributed by atoms with Crippen LogP contribution in [0.5, 0.6) is 0 Å². The predicted molar refractivity (Wildman–Crippen MR) is 65.4 cm³/mol. The molecule has 0 aliphatic carbocycles. The fraction of sp³-hybridized carbons (Fsp3) is 0. The highest BCUT2D eigenvalue weighted by Crippen LogP contribution is 2.24. The van der Waals surface area contributed by atoms with Gasteiger partial charge >= 0.3 is 5.97 Å². The maximum Gasteiger partial charge on any atom is 0.356 e. The monoisotopic (exact) mass is 239 g/mol. The van der Waals surface area contributed by atoms with Crippen LogP contribution in [0.3, 0.4) is 0 Å². The van der Waals surface area contributed by atoms with Crippen LogP contribution in [0.4, 0.5) is 0 Å². The van der Waals surface area contributed by atoms with Gasteiger partial charge in [0.15, 0.2) is 11.3 Å². The lowest BCUT2D eigenvalue weighted by Gasteiger charge is -2.01. The summed E-state index contributed by atoms with van der Waals surface area (Å²) in [5.74, 6) is -1.06. The Bertz CT molecular complexity index is 719. The van der Waals surface area contributed by atoms with Crippen LogP contribution < -0.4 is 0 Å². The van der Waals surface area contributed by atoms with Crippen LogP contribution in [0.15, 0.2) is 48.7 Å². The zero-order chi connectivity index (χ0) is 12.5. The molecule has 18 heavy (non-hydrogen) atoms. The summed E-state index contributed by atoms with van der Waals surface area (Å²) < 4.78 is 1.54. The zero-order valence-corrected chi connectivity index (χ0v) is 9.32. The van der Waals surface area contributed by atoms with E-state index in [2.05, 4.69) is 10.1 Å². The van der Waals surface area contributed by atoms with E-state index in [1.165, 1.54) is 0 Å². The molecule has 3 aromatic rings. The first kappa shape index (κ1) is 10.5. The summed E-state index contributed by atoms with van der Waals surface area (Å²) in [4.78, 5) is 15.4. The highest BCUT2D eigenvalue weighted by atomic mass is 16.4. The number of benzene rings is 1. The largest absolute Gasteiger partial charge is 0.476 e. The highest BCUT2D eigenvalue weighted by molar-refractivity contribution is 5.94. The van der Waals surface area contributed by atoms with Gasteiger partial charge in [-0.1, -0.05) is 30.3 Å². The molecule has 1 aromatic carbocycles. The van der Waals surface area contributed by atoms with Gasteiger partial charge in [0.25, 0.3) is 0 Å². The number of carbonyl (C=O) groups is 1. The van der Waals surface area contributed by atoms with Crippen LogP contribution in [0, 0.1) is 0 Å². The third kappa shape index (κ3) is 1.53. The van der Waals surface area contributed by atoms with Gasteiger partial charge < -0.3 is 5.11 Å². The first-order valence-electron chi connectivity index (χ1n) is 5.40. The fourth-order valence-corrected chi connectivity index (χ4v) is 1.89. The molecular weight excluding hydrogens is 230 g/mol. The molecule has 2 aromatic heterocycles. The number of hydrogen-bond acceptors (Lipinski definition) is 3. The van der Waals surface area contributed by atoms with Gasteiger partial charge in [0.2, 0.25) is 0 Å². The van der Waals surface area contributed by atoms with Crippen molar-refractivity contribution in [3.05, 3.63) is 54.4 Å². The first-order chi connectivity index (χ1) is 8.77. The Hall–Kier alpha value is -2.69. The number of fused-ring (bicyclic) bond motifs is 1. The number of hydrogen-bond donors (Lipinski definition) is 1. The maximum atomic E-state index is 11.3. The summed E-state index contributed by atoms with van der Waals surface area (Å²) in [5, 5.41) is 13.4. The third-order valence-corrected chi connectivity index (χ3v) is 2.64. The van der Waals surface area contributed by atoms with Crippen LogP contribution in [0.25, 0.3) is 16.9 Å². The first-order valence-corrected chi connectivity index (χ1v) is 5.40. The molecule has 5 heteroatoms. The number of aromatic carboxylic acids is 1. The van der Waals surface area contributed by atoms with Gasteiger partial charge in [-0.2, -0.15) is 5.10 Å². The van der Waals surface area contributed by atoms with Crippen molar-refractivity contribution >= 4 is 11.6 Å². The number of carboxylic acids is 1. The van der Waals surface area contributed by atoms with Gasteiger partial charge in [-0.15, -0.1) is 0 Å². The molecule has 0 unspecified atom stereocenters. The van der Waals surface area contributed by atoms with Gasteiger partial charge in [0.05, 0.1) is 0 Å². The summed E-state index contributed by atoms with van der Waals surface area (Å²) in [6, 6.07) is 12.7. The topological polar surface area (TPSA) is 67.5 Å². The molecule has 0 spiro atoms. The van der Waals surface area contributed by atoms with E-state index in [1.54, 1.807) is 22.8 Å². The molecule has 1 N–H and O–H groups in total. The second kappa shape index (κ2) is 3.96. The van der Waals surface area contributed by atoms with E-state index in [0.717, 1.165) is 5.56 Å². The van der Waals surface area contributed by atoms with Crippen LogP contribution in [0.2, 0.25) is 0 Å². The molecule has 0 amide bonds. The summed E-state index contributed by atoms with van der Waals surface area (Å²) in [7, 11) is 0. The van der Waals surface area contributed by atoms with Crippen molar-refractivity contribution in [3.63, 3.8) is 0 Å². The van der Waals surface area contributed by atoms with Crippen LogP contribution >= 0.6 is 0 Å². The molecule has 0 atom stereocenters. The molecule has 0 aliphatic heterocycles. The van der Waals surface area contributed by atoms with Gasteiger partial charge in [0.1, 0.15) is 5.69 Å². The number of imidazole rings is 1. The minimum absolute atomic E-state index is 0.0138. The summed E-state index contributed by atoms with van der Waals surface area (Å²) in [6.07, 6.45) is 1.60. The van der Waals surface area contributed by atoms with E-state index in [4.69, 9.17) is 0 Å². The quantitative estimate of drug-likeness (QED) is 0.743. The van der Waals surface area contributed by atoms with Crippen molar-refractivity contribution in [1.82, 2.24) is 14.6 Å². The van der Waals surface area contributed by atoms with E-state index in [0.29, 0.717) is 11.3 Å². The maximum absolute atomic E-state index is 11.3. The zero-order valence-electron chi connectivity index (χ0n) is 9.32. The van der Waals surface area contributed by atoms with Crippen molar-refractivity contribution < 1.29 is 9.90 Å². The van der Waals surface area contributed by atoms with Gasteiger partial charge in [0, 0.05) is 11.8 Å². The SMILES string of the molecule is O=C(O)c1nc2cccnn2c1-c1ccccc1. The second-order valence-corrected chi connectivity index (χ2v) is 3.77. The Morgan fingerprint density at radius 3 is 2.61 bits per heavy atom. The molecular formula is C13H9N3O2. The molecule has 0 saturated carbocycles.